The third-order valence-corrected chi connectivity index (χ3v) is 5.97. The Morgan fingerprint density at radius 1 is 1.29 bits per heavy atom. The van der Waals surface area contributed by atoms with Crippen molar-refractivity contribution in [3.63, 3.8) is 0 Å². The van der Waals surface area contributed by atoms with Crippen LogP contribution in [-0.2, 0) is 4.74 Å². The summed E-state index contributed by atoms with van der Waals surface area (Å²) < 4.78 is 5.19. The number of carbonyl (C=O) groups excluding carboxylic acids is 1. The first-order chi connectivity index (χ1) is 9.87. The second-order valence-corrected chi connectivity index (χ2v) is 13.3. The smallest absolute Gasteiger partial charge is 0.407 e. The summed E-state index contributed by atoms with van der Waals surface area (Å²) in [5, 5.41) is 2.79. The number of nitrogens with two attached hydrogens (primary N) is 1. The van der Waals surface area contributed by atoms with Crippen molar-refractivity contribution in [1.29, 1.82) is 0 Å². The fraction of sp³-hybridized carbons (Fsp3) is 0.938. The van der Waals surface area contributed by atoms with Gasteiger partial charge in [0.2, 0.25) is 0 Å². The van der Waals surface area contributed by atoms with Gasteiger partial charge in [0.05, 0.1) is 6.61 Å². The third kappa shape index (κ3) is 9.90. The van der Waals surface area contributed by atoms with Crippen LogP contribution in [0.3, 0.4) is 0 Å². The van der Waals surface area contributed by atoms with Gasteiger partial charge in [-0.1, -0.05) is 51.7 Å². The molecule has 124 valence electrons. The predicted octanol–water partition coefficient (Wildman–Crippen LogP) is 3.74. The standard InChI is InChI=1S/C16H34N2O2Si/c1-21(2,3)12-11-20-16(19)18-13-15(17)10-9-14-7-5-4-6-8-14/h14-15H,4-13,17H2,1-3H3,(H,18,19). The minimum atomic E-state index is -1.13. The van der Waals surface area contributed by atoms with Crippen LogP contribution in [0.5, 0.6) is 0 Å². The molecule has 1 aliphatic rings. The number of carbonyl (C=O) groups is 1. The lowest BCUT2D eigenvalue weighted by atomic mass is 9.85. The Kier molecular flexibility index (Phi) is 8.33. The van der Waals surface area contributed by atoms with Crippen LogP contribution in [-0.4, -0.2) is 33.4 Å². The Balaban J connectivity index is 2.03. The molecule has 0 aromatic heterocycles. The second kappa shape index (κ2) is 9.46. The molecule has 0 bridgehead atoms. The second-order valence-electron chi connectivity index (χ2n) is 7.67. The summed E-state index contributed by atoms with van der Waals surface area (Å²) in [4.78, 5) is 11.6. The molecule has 21 heavy (non-hydrogen) atoms. The molecule has 3 N–H and O–H groups in total. The Morgan fingerprint density at radius 3 is 2.57 bits per heavy atom. The van der Waals surface area contributed by atoms with E-state index < -0.39 is 8.07 Å². The van der Waals surface area contributed by atoms with Crippen molar-refractivity contribution in [3.8, 4) is 0 Å². The third-order valence-electron chi connectivity index (χ3n) is 4.26. The van der Waals surface area contributed by atoms with Crippen LogP contribution in [0.4, 0.5) is 4.79 Å². The lowest BCUT2D eigenvalue weighted by Crippen LogP contribution is -2.38. The number of amides is 1. The lowest BCUT2D eigenvalue weighted by Gasteiger charge is -2.23. The molecule has 0 radical (unpaired) electrons. The first-order valence-corrected chi connectivity index (χ1v) is 12.2. The lowest BCUT2D eigenvalue weighted by molar-refractivity contribution is 0.151. The van der Waals surface area contributed by atoms with E-state index in [1.807, 2.05) is 0 Å². The predicted molar refractivity (Wildman–Crippen MR) is 91.3 cm³/mol. The normalized spacial score (nSPS) is 18.3. The van der Waals surface area contributed by atoms with Gasteiger partial charge in [0.25, 0.3) is 0 Å². The Morgan fingerprint density at radius 2 is 1.95 bits per heavy atom. The quantitative estimate of drug-likeness (QED) is 0.671. The number of rotatable bonds is 8. The topological polar surface area (TPSA) is 64.3 Å². The molecule has 0 saturated heterocycles. The van der Waals surface area contributed by atoms with E-state index in [1.165, 1.54) is 38.5 Å². The van der Waals surface area contributed by atoms with Crippen LogP contribution in [0.2, 0.25) is 25.7 Å². The van der Waals surface area contributed by atoms with Gasteiger partial charge in [0, 0.05) is 20.7 Å². The van der Waals surface area contributed by atoms with Crippen LogP contribution >= 0.6 is 0 Å². The molecule has 1 rings (SSSR count). The summed E-state index contributed by atoms with van der Waals surface area (Å²) in [6, 6.07) is 1.06. The maximum Gasteiger partial charge on any atom is 0.407 e. The van der Waals surface area contributed by atoms with Gasteiger partial charge < -0.3 is 15.8 Å². The van der Waals surface area contributed by atoms with E-state index in [2.05, 4.69) is 25.0 Å². The van der Waals surface area contributed by atoms with Crippen molar-refractivity contribution in [2.45, 2.75) is 76.7 Å². The molecule has 1 saturated carbocycles. The van der Waals surface area contributed by atoms with Crippen LogP contribution in [0.15, 0.2) is 0 Å². The van der Waals surface area contributed by atoms with E-state index in [0.717, 1.165) is 18.4 Å². The van der Waals surface area contributed by atoms with E-state index in [1.54, 1.807) is 0 Å². The van der Waals surface area contributed by atoms with E-state index >= 15 is 0 Å². The zero-order valence-corrected chi connectivity index (χ0v) is 15.1. The summed E-state index contributed by atoms with van der Waals surface area (Å²) in [6.45, 7) is 7.87. The van der Waals surface area contributed by atoms with E-state index in [4.69, 9.17) is 10.5 Å². The number of nitrogens with one attached hydrogen (secondary N) is 1. The number of hydrogen-bond donors (Lipinski definition) is 2. The summed E-state index contributed by atoms with van der Waals surface area (Å²) in [5.41, 5.74) is 6.07. The van der Waals surface area contributed by atoms with Crippen LogP contribution in [0.25, 0.3) is 0 Å². The van der Waals surface area contributed by atoms with Crippen molar-refractivity contribution in [2.24, 2.45) is 11.7 Å². The molecule has 1 atom stereocenters. The van der Waals surface area contributed by atoms with Gasteiger partial charge in [-0.15, -0.1) is 0 Å². The zero-order valence-electron chi connectivity index (χ0n) is 14.1. The van der Waals surface area contributed by atoms with Gasteiger partial charge in [-0.05, 0) is 24.8 Å². The van der Waals surface area contributed by atoms with E-state index in [-0.39, 0.29) is 12.1 Å². The molecule has 5 heteroatoms. The van der Waals surface area contributed by atoms with Crippen LogP contribution in [0, 0.1) is 5.92 Å². The minimum Gasteiger partial charge on any atom is -0.450 e. The molecule has 4 nitrogen and oxygen atoms in total. The highest BCUT2D eigenvalue weighted by Gasteiger charge is 2.16. The van der Waals surface area contributed by atoms with Crippen LogP contribution in [0.1, 0.15) is 44.9 Å². The summed E-state index contributed by atoms with van der Waals surface area (Å²) in [5.74, 6) is 0.855. The molecule has 0 aromatic carbocycles. The Labute approximate surface area is 131 Å². The summed E-state index contributed by atoms with van der Waals surface area (Å²) in [7, 11) is -1.13. The molecule has 1 amide bonds. The zero-order chi connectivity index (χ0) is 15.7. The SMILES string of the molecule is C[Si](C)(C)CCOC(=O)NCC(N)CCC1CCCCC1. The van der Waals surface area contributed by atoms with E-state index in [0.29, 0.717) is 13.2 Å². The van der Waals surface area contributed by atoms with Crippen LogP contribution < -0.4 is 11.1 Å². The highest BCUT2D eigenvalue weighted by Crippen LogP contribution is 2.27. The van der Waals surface area contributed by atoms with Crippen molar-refractivity contribution >= 4 is 14.2 Å². The highest BCUT2D eigenvalue weighted by atomic mass is 28.3. The summed E-state index contributed by atoms with van der Waals surface area (Å²) >= 11 is 0. The van der Waals surface area contributed by atoms with Crippen molar-refractivity contribution in [1.82, 2.24) is 5.32 Å². The average Bonchev–Trinajstić information content (AvgIpc) is 2.42. The first kappa shape index (κ1) is 18.5. The Hall–Kier alpha value is -0.553. The molecule has 0 aliphatic heterocycles. The molecular weight excluding hydrogens is 280 g/mol. The van der Waals surface area contributed by atoms with Gasteiger partial charge in [0.15, 0.2) is 0 Å². The number of hydrogen-bond acceptors (Lipinski definition) is 3. The first-order valence-electron chi connectivity index (χ1n) is 8.53. The largest absolute Gasteiger partial charge is 0.450 e. The van der Waals surface area contributed by atoms with E-state index in [9.17, 15) is 4.79 Å². The van der Waals surface area contributed by atoms with Crippen molar-refractivity contribution < 1.29 is 9.53 Å². The number of alkyl carbamates (subject to hydrolysis) is 1. The van der Waals surface area contributed by atoms with Gasteiger partial charge in [-0.25, -0.2) is 4.79 Å². The molecule has 0 heterocycles. The van der Waals surface area contributed by atoms with Crippen molar-refractivity contribution in [2.75, 3.05) is 13.2 Å². The van der Waals surface area contributed by atoms with Gasteiger partial charge >= 0.3 is 6.09 Å². The van der Waals surface area contributed by atoms with Gasteiger partial charge in [0.1, 0.15) is 0 Å². The monoisotopic (exact) mass is 314 g/mol. The molecule has 1 unspecified atom stereocenters. The molecular formula is C16H34N2O2Si. The number of ether oxygens (including phenoxy) is 1. The van der Waals surface area contributed by atoms with Gasteiger partial charge in [-0.3, -0.25) is 0 Å². The Bertz CT molecular complexity index is 299. The fourth-order valence-corrected chi connectivity index (χ4v) is 3.46. The molecule has 0 spiro atoms. The molecule has 0 aromatic rings. The maximum atomic E-state index is 11.6. The minimum absolute atomic E-state index is 0.0523. The molecule has 1 fully saturated rings. The average molecular weight is 315 g/mol. The highest BCUT2D eigenvalue weighted by molar-refractivity contribution is 6.76. The van der Waals surface area contributed by atoms with Crippen molar-refractivity contribution in [3.05, 3.63) is 0 Å². The van der Waals surface area contributed by atoms with Gasteiger partial charge in [-0.2, -0.15) is 0 Å². The summed E-state index contributed by atoms with van der Waals surface area (Å²) in [6.07, 6.45) is 8.75. The fourth-order valence-electron chi connectivity index (χ4n) is 2.74. The molecule has 1 aliphatic carbocycles. The maximum absolute atomic E-state index is 11.6.